The molecule has 0 aromatic heterocycles. The van der Waals surface area contributed by atoms with Gasteiger partial charge in [0, 0.05) is 19.3 Å². The summed E-state index contributed by atoms with van der Waals surface area (Å²) < 4.78 is 16.8. The molecule has 0 rings (SSSR count). The second-order valence-corrected chi connectivity index (χ2v) is 19.6. The third-order valence-electron chi connectivity index (χ3n) is 12.8. The number of esters is 3. The lowest BCUT2D eigenvalue weighted by Crippen LogP contribution is -2.30. The molecule has 6 heteroatoms. The monoisotopic (exact) mass is 939 g/mol. The van der Waals surface area contributed by atoms with Crippen LogP contribution in [0.15, 0.2) is 48.6 Å². The molecule has 0 radical (unpaired) electrons. The summed E-state index contributed by atoms with van der Waals surface area (Å²) in [5, 5.41) is 0. The molecule has 0 heterocycles. The minimum Gasteiger partial charge on any atom is -0.462 e. The van der Waals surface area contributed by atoms with Crippen molar-refractivity contribution in [3.8, 4) is 0 Å². The van der Waals surface area contributed by atoms with E-state index in [1.165, 1.54) is 199 Å². The Morgan fingerprint density at radius 3 is 0.896 bits per heavy atom. The number of unbranched alkanes of at least 4 members (excludes halogenated alkanes) is 34. The van der Waals surface area contributed by atoms with Crippen LogP contribution in [0, 0.1) is 0 Å². The molecule has 0 bridgehead atoms. The SMILES string of the molecule is CCCCCCCC/C=C\C/C=C\C/C=C\CCCC(=O)O[C@H](COC(=O)CCCCCCCCC/C=C\CCCCCCCC)COC(=O)CCCCCCCCCCCCCCCCC. The van der Waals surface area contributed by atoms with Crippen molar-refractivity contribution in [2.45, 2.75) is 309 Å². The lowest BCUT2D eigenvalue weighted by Gasteiger charge is -2.18. The van der Waals surface area contributed by atoms with Gasteiger partial charge in [0.15, 0.2) is 6.10 Å². The lowest BCUT2D eigenvalue weighted by atomic mass is 10.0. The van der Waals surface area contributed by atoms with E-state index in [4.69, 9.17) is 14.2 Å². The molecule has 0 fully saturated rings. The zero-order valence-electron chi connectivity index (χ0n) is 44.7. The minimum absolute atomic E-state index is 0.0913. The molecule has 0 aliphatic heterocycles. The highest BCUT2D eigenvalue weighted by molar-refractivity contribution is 5.71. The molecular formula is C61H110O6. The van der Waals surface area contributed by atoms with Gasteiger partial charge in [-0.1, -0.05) is 256 Å². The number of carbonyl (C=O) groups is 3. The molecule has 0 aliphatic rings. The first kappa shape index (κ1) is 64.4. The van der Waals surface area contributed by atoms with Crippen molar-refractivity contribution in [1.29, 1.82) is 0 Å². The van der Waals surface area contributed by atoms with E-state index in [0.717, 1.165) is 57.8 Å². The van der Waals surface area contributed by atoms with Crippen LogP contribution in [-0.4, -0.2) is 37.2 Å². The Morgan fingerprint density at radius 2 is 0.552 bits per heavy atom. The van der Waals surface area contributed by atoms with Crippen molar-refractivity contribution < 1.29 is 28.6 Å². The molecule has 0 saturated carbocycles. The standard InChI is InChI=1S/C61H110O6/c1-4-7-10-13-16-19-22-25-28-30-33-36-39-42-45-48-51-54-60(63)66-57-58(56-65-59(62)53-50-47-44-41-38-35-32-27-24-21-18-15-12-9-6-3)67-61(64)55-52-49-46-43-40-37-34-31-29-26-23-20-17-14-11-8-5-2/h25-26,28-29,34,37,43,46,58H,4-24,27,30-33,35-36,38-42,44-45,47-57H2,1-3H3/b28-25-,29-26-,37-34-,46-43-/t58-/m0/s1. The third kappa shape index (κ3) is 54.2. The van der Waals surface area contributed by atoms with E-state index in [-0.39, 0.29) is 37.5 Å². The Hall–Kier alpha value is -2.63. The minimum atomic E-state index is -0.799. The maximum atomic E-state index is 12.8. The molecule has 0 saturated heterocycles. The normalized spacial score (nSPS) is 12.3. The van der Waals surface area contributed by atoms with Gasteiger partial charge in [-0.15, -0.1) is 0 Å². The van der Waals surface area contributed by atoms with Crippen molar-refractivity contribution in [3.63, 3.8) is 0 Å². The maximum absolute atomic E-state index is 12.8. The smallest absolute Gasteiger partial charge is 0.306 e. The highest BCUT2D eigenvalue weighted by atomic mass is 16.6. The number of rotatable bonds is 53. The van der Waals surface area contributed by atoms with Crippen LogP contribution in [0.25, 0.3) is 0 Å². The zero-order chi connectivity index (χ0) is 48.6. The summed E-state index contributed by atoms with van der Waals surface area (Å²) in [5.41, 5.74) is 0. The van der Waals surface area contributed by atoms with Crippen LogP contribution in [-0.2, 0) is 28.6 Å². The second kappa shape index (κ2) is 56.0. The first-order valence-corrected chi connectivity index (χ1v) is 29.1. The summed E-state index contributed by atoms with van der Waals surface area (Å²) in [6, 6.07) is 0. The van der Waals surface area contributed by atoms with Crippen LogP contribution in [0.5, 0.6) is 0 Å². The topological polar surface area (TPSA) is 78.9 Å². The molecule has 0 aromatic carbocycles. The van der Waals surface area contributed by atoms with E-state index in [1.54, 1.807) is 0 Å². The van der Waals surface area contributed by atoms with Crippen molar-refractivity contribution in [1.82, 2.24) is 0 Å². The van der Waals surface area contributed by atoms with Crippen molar-refractivity contribution in [3.05, 3.63) is 48.6 Å². The number of hydrogen-bond donors (Lipinski definition) is 0. The van der Waals surface area contributed by atoms with Crippen LogP contribution in [0.2, 0.25) is 0 Å². The first-order chi connectivity index (χ1) is 33.0. The predicted molar refractivity (Wildman–Crippen MR) is 289 cm³/mol. The molecule has 390 valence electrons. The predicted octanol–water partition coefficient (Wildman–Crippen LogP) is 19.4. The Balaban J connectivity index is 4.43. The largest absolute Gasteiger partial charge is 0.462 e. The third-order valence-corrected chi connectivity index (χ3v) is 12.8. The second-order valence-electron chi connectivity index (χ2n) is 19.6. The molecule has 0 amide bonds. The van der Waals surface area contributed by atoms with Gasteiger partial charge < -0.3 is 14.2 Å². The van der Waals surface area contributed by atoms with Crippen LogP contribution < -0.4 is 0 Å². The molecule has 0 aliphatic carbocycles. The van der Waals surface area contributed by atoms with Crippen molar-refractivity contribution >= 4 is 17.9 Å². The van der Waals surface area contributed by atoms with Crippen LogP contribution in [0.1, 0.15) is 303 Å². The fourth-order valence-electron chi connectivity index (χ4n) is 8.40. The number of hydrogen-bond acceptors (Lipinski definition) is 6. The van der Waals surface area contributed by atoms with Gasteiger partial charge in [0.2, 0.25) is 0 Å². The van der Waals surface area contributed by atoms with Gasteiger partial charge in [0.1, 0.15) is 13.2 Å². The summed E-state index contributed by atoms with van der Waals surface area (Å²) in [5.74, 6) is -0.934. The molecule has 1 atom stereocenters. The fourth-order valence-corrected chi connectivity index (χ4v) is 8.40. The van der Waals surface area contributed by atoms with E-state index in [0.29, 0.717) is 19.3 Å². The van der Waals surface area contributed by atoms with E-state index >= 15 is 0 Å². The van der Waals surface area contributed by atoms with Gasteiger partial charge in [-0.25, -0.2) is 0 Å². The molecule has 0 aromatic rings. The summed E-state index contributed by atoms with van der Waals surface area (Å²) in [6.07, 6.45) is 68.2. The van der Waals surface area contributed by atoms with Crippen molar-refractivity contribution in [2.75, 3.05) is 13.2 Å². The molecular weight excluding hydrogens is 829 g/mol. The van der Waals surface area contributed by atoms with Crippen molar-refractivity contribution in [2.24, 2.45) is 0 Å². The van der Waals surface area contributed by atoms with Crippen LogP contribution >= 0.6 is 0 Å². The molecule has 0 spiro atoms. The number of carbonyl (C=O) groups excluding carboxylic acids is 3. The van der Waals surface area contributed by atoms with Gasteiger partial charge in [-0.05, 0) is 77.0 Å². The summed E-state index contributed by atoms with van der Waals surface area (Å²) in [6.45, 7) is 6.62. The van der Waals surface area contributed by atoms with E-state index in [2.05, 4.69) is 69.4 Å². The highest BCUT2D eigenvalue weighted by Gasteiger charge is 2.19. The highest BCUT2D eigenvalue weighted by Crippen LogP contribution is 2.16. The molecule has 6 nitrogen and oxygen atoms in total. The van der Waals surface area contributed by atoms with Gasteiger partial charge >= 0.3 is 17.9 Å². The van der Waals surface area contributed by atoms with Gasteiger partial charge in [0.25, 0.3) is 0 Å². The van der Waals surface area contributed by atoms with Gasteiger partial charge in [-0.3, -0.25) is 14.4 Å². The van der Waals surface area contributed by atoms with E-state index < -0.39 is 6.10 Å². The first-order valence-electron chi connectivity index (χ1n) is 29.1. The quantitative estimate of drug-likeness (QED) is 0.0262. The maximum Gasteiger partial charge on any atom is 0.306 e. The van der Waals surface area contributed by atoms with Gasteiger partial charge in [-0.2, -0.15) is 0 Å². The average molecular weight is 940 g/mol. The van der Waals surface area contributed by atoms with Gasteiger partial charge in [0.05, 0.1) is 0 Å². The summed E-state index contributed by atoms with van der Waals surface area (Å²) in [7, 11) is 0. The Bertz CT molecular complexity index is 1170. The average Bonchev–Trinajstić information content (AvgIpc) is 3.33. The summed E-state index contributed by atoms with van der Waals surface area (Å²) >= 11 is 0. The van der Waals surface area contributed by atoms with Crippen LogP contribution in [0.4, 0.5) is 0 Å². The molecule has 67 heavy (non-hydrogen) atoms. The molecule has 0 N–H and O–H groups in total. The van der Waals surface area contributed by atoms with Crippen LogP contribution in [0.3, 0.4) is 0 Å². The Kier molecular flexibility index (Phi) is 53.8. The zero-order valence-corrected chi connectivity index (χ0v) is 44.7. The number of ether oxygens (including phenoxy) is 3. The lowest BCUT2D eigenvalue weighted by molar-refractivity contribution is -0.167. The van der Waals surface area contributed by atoms with E-state index in [9.17, 15) is 14.4 Å². The number of allylic oxidation sites excluding steroid dienone is 8. The Morgan fingerprint density at radius 1 is 0.299 bits per heavy atom. The summed E-state index contributed by atoms with van der Waals surface area (Å²) in [4.78, 5) is 38.1. The fraction of sp³-hybridized carbons (Fsp3) is 0.820. The molecule has 0 unspecified atom stereocenters. The Labute approximate surface area is 416 Å². The van der Waals surface area contributed by atoms with E-state index in [1.807, 2.05) is 0 Å².